The molecule has 0 saturated carbocycles. The van der Waals surface area contributed by atoms with E-state index in [9.17, 15) is 16.8 Å². The first-order valence-corrected chi connectivity index (χ1v) is 12.7. The van der Waals surface area contributed by atoms with Crippen LogP contribution in [-0.2, 0) is 42.8 Å². The van der Waals surface area contributed by atoms with Crippen LogP contribution in [0.3, 0.4) is 0 Å². The number of rotatable bonds is 9. The van der Waals surface area contributed by atoms with Crippen molar-refractivity contribution in [3.8, 4) is 0 Å². The molecule has 2 aliphatic rings. The normalized spacial score (nSPS) is 27.3. The van der Waals surface area contributed by atoms with Crippen molar-refractivity contribution in [1.82, 2.24) is 0 Å². The van der Waals surface area contributed by atoms with Crippen molar-refractivity contribution in [3.05, 3.63) is 59.7 Å². The van der Waals surface area contributed by atoms with Gasteiger partial charge >= 0.3 is 0 Å². The Bertz CT molecular complexity index is 1170. The molecule has 0 aliphatic carbocycles. The third kappa shape index (κ3) is 4.60. The maximum Gasteiger partial charge on any atom is 0.297 e. The number of fused-ring (bicyclic) bond motifs is 1. The van der Waals surface area contributed by atoms with Gasteiger partial charge in [0.05, 0.1) is 16.4 Å². The van der Waals surface area contributed by atoms with E-state index in [1.165, 1.54) is 31.4 Å². The van der Waals surface area contributed by atoms with Gasteiger partial charge in [0.1, 0.15) is 24.9 Å². The van der Waals surface area contributed by atoms with Crippen molar-refractivity contribution in [2.45, 2.75) is 47.7 Å². The highest BCUT2D eigenvalue weighted by Crippen LogP contribution is 2.47. The lowest BCUT2D eigenvalue weighted by molar-refractivity contribution is -0.261. The molecule has 32 heavy (non-hydrogen) atoms. The number of ether oxygens (including phenoxy) is 3. The molecule has 11 heteroatoms. The zero-order valence-corrected chi connectivity index (χ0v) is 19.4. The Kier molecular flexibility index (Phi) is 6.18. The van der Waals surface area contributed by atoms with Crippen molar-refractivity contribution in [2.75, 3.05) is 20.3 Å². The van der Waals surface area contributed by atoms with Gasteiger partial charge in [-0.15, -0.1) is 0 Å². The number of hydrogen-bond acceptors (Lipinski definition) is 9. The summed E-state index contributed by atoms with van der Waals surface area (Å²) in [5, 5.41) is 0. The lowest BCUT2D eigenvalue weighted by atomic mass is 10.1. The first kappa shape index (κ1) is 23.3. The van der Waals surface area contributed by atoms with Gasteiger partial charge in [0.25, 0.3) is 20.2 Å². The second kappa shape index (κ2) is 8.49. The van der Waals surface area contributed by atoms with Gasteiger partial charge in [0.2, 0.25) is 5.79 Å². The fourth-order valence-corrected chi connectivity index (χ4v) is 5.33. The Labute approximate surface area is 187 Å². The monoisotopic (exact) mass is 484 g/mol. The van der Waals surface area contributed by atoms with Gasteiger partial charge in [-0.25, -0.2) is 0 Å². The lowest BCUT2D eigenvalue weighted by Crippen LogP contribution is -2.44. The summed E-state index contributed by atoms with van der Waals surface area (Å²) in [4.78, 5) is 0.0320. The van der Waals surface area contributed by atoms with E-state index in [1.54, 1.807) is 24.3 Å². The zero-order valence-electron chi connectivity index (χ0n) is 17.8. The number of aryl methyl sites for hydroxylation is 2. The molecule has 0 spiro atoms. The van der Waals surface area contributed by atoms with E-state index in [0.29, 0.717) is 0 Å². The Morgan fingerprint density at radius 3 is 1.84 bits per heavy atom. The Morgan fingerprint density at radius 2 is 1.34 bits per heavy atom. The minimum atomic E-state index is -4.05. The molecule has 4 atom stereocenters. The fraction of sp³-hybridized carbons (Fsp3) is 0.429. The highest BCUT2D eigenvalue weighted by atomic mass is 32.2. The molecule has 0 amide bonds. The first-order valence-electron chi connectivity index (χ1n) is 9.87. The molecule has 2 saturated heterocycles. The van der Waals surface area contributed by atoms with Crippen LogP contribution >= 0.6 is 0 Å². The number of benzene rings is 2. The smallest absolute Gasteiger partial charge is 0.297 e. The van der Waals surface area contributed by atoms with Crippen LogP contribution in [0.4, 0.5) is 0 Å². The molecule has 2 aliphatic heterocycles. The highest BCUT2D eigenvalue weighted by molar-refractivity contribution is 7.87. The molecule has 0 unspecified atom stereocenters. The minimum Gasteiger partial charge on any atom is -0.361 e. The van der Waals surface area contributed by atoms with Gasteiger partial charge < -0.3 is 14.2 Å². The quantitative estimate of drug-likeness (QED) is 0.388. The fourth-order valence-electron chi connectivity index (χ4n) is 3.48. The molecule has 2 aromatic carbocycles. The first-order chi connectivity index (χ1) is 15.1. The van der Waals surface area contributed by atoms with Crippen LogP contribution < -0.4 is 0 Å². The predicted molar refractivity (Wildman–Crippen MR) is 112 cm³/mol. The second-order valence-corrected chi connectivity index (χ2v) is 11.0. The number of methoxy groups -OCH3 is 1. The average Bonchev–Trinajstić information content (AvgIpc) is 3.50. The summed E-state index contributed by atoms with van der Waals surface area (Å²) in [7, 11) is -6.70. The maximum absolute atomic E-state index is 12.5. The Balaban J connectivity index is 1.40. The van der Waals surface area contributed by atoms with E-state index >= 15 is 0 Å². The van der Waals surface area contributed by atoms with Crippen LogP contribution in [0.2, 0.25) is 0 Å². The largest absolute Gasteiger partial charge is 0.361 e. The van der Waals surface area contributed by atoms with Crippen molar-refractivity contribution in [2.24, 2.45) is 0 Å². The molecule has 2 heterocycles. The van der Waals surface area contributed by atoms with E-state index in [1.807, 2.05) is 13.8 Å². The zero-order chi connectivity index (χ0) is 23.1. The SMILES string of the molecule is CO[C@@]1(COS(=O)(=O)c2ccc(C)cc2)O[C@H](COS(=O)(=O)c2ccc(C)cc2)[C@@H]2O[C@@H]21. The van der Waals surface area contributed by atoms with Gasteiger partial charge in [0.15, 0.2) is 0 Å². The van der Waals surface area contributed by atoms with E-state index in [2.05, 4.69) is 0 Å². The van der Waals surface area contributed by atoms with Crippen molar-refractivity contribution < 1.29 is 39.4 Å². The molecule has 174 valence electrons. The summed E-state index contributed by atoms with van der Waals surface area (Å²) in [6, 6.07) is 12.5. The Morgan fingerprint density at radius 1 is 0.844 bits per heavy atom. The summed E-state index contributed by atoms with van der Waals surface area (Å²) in [5.41, 5.74) is 1.83. The van der Waals surface area contributed by atoms with Crippen LogP contribution in [0.25, 0.3) is 0 Å². The predicted octanol–water partition coefficient (Wildman–Crippen LogP) is 1.92. The molecule has 0 bridgehead atoms. The summed E-state index contributed by atoms with van der Waals surface area (Å²) in [6.45, 7) is 2.92. The minimum absolute atomic E-state index is 0.00434. The second-order valence-electron chi connectivity index (χ2n) is 7.77. The molecular formula is C21H24O9S2. The standard InChI is InChI=1S/C21H24O9S2/c1-14-4-8-16(9-5-14)31(22,23)27-12-18-19-20(29-19)21(26-3,30-18)13-28-32(24,25)17-10-6-15(2)7-11-17/h4-11,18-20H,12-13H2,1-3H3/t18-,19+,20+,21+/m1/s1. The lowest BCUT2D eigenvalue weighted by Gasteiger charge is -2.29. The van der Waals surface area contributed by atoms with Gasteiger partial charge in [0, 0.05) is 7.11 Å². The van der Waals surface area contributed by atoms with Crippen LogP contribution in [0.5, 0.6) is 0 Å². The topological polar surface area (TPSA) is 118 Å². The van der Waals surface area contributed by atoms with Crippen molar-refractivity contribution in [1.29, 1.82) is 0 Å². The summed E-state index contributed by atoms with van der Waals surface area (Å²) < 4.78 is 77.1. The highest BCUT2D eigenvalue weighted by Gasteiger charge is 2.68. The van der Waals surface area contributed by atoms with Crippen LogP contribution in [0.1, 0.15) is 11.1 Å². The average molecular weight is 485 g/mol. The summed E-state index contributed by atoms with van der Waals surface area (Å²) in [6.07, 6.45) is -1.86. The van der Waals surface area contributed by atoms with Gasteiger partial charge in [-0.05, 0) is 38.1 Å². The summed E-state index contributed by atoms with van der Waals surface area (Å²) >= 11 is 0. The molecule has 9 nitrogen and oxygen atoms in total. The molecule has 0 N–H and O–H groups in total. The number of epoxide rings is 1. The summed E-state index contributed by atoms with van der Waals surface area (Å²) in [5.74, 6) is -1.50. The van der Waals surface area contributed by atoms with Crippen molar-refractivity contribution >= 4 is 20.2 Å². The molecule has 4 rings (SSSR count). The van der Waals surface area contributed by atoms with Gasteiger partial charge in [-0.1, -0.05) is 35.4 Å². The van der Waals surface area contributed by atoms with E-state index in [0.717, 1.165) is 11.1 Å². The van der Waals surface area contributed by atoms with Crippen LogP contribution in [0, 0.1) is 13.8 Å². The molecule has 2 aromatic rings. The third-order valence-electron chi connectivity index (χ3n) is 5.44. The van der Waals surface area contributed by atoms with E-state index in [4.69, 9.17) is 22.6 Å². The van der Waals surface area contributed by atoms with Crippen LogP contribution in [0.15, 0.2) is 58.3 Å². The Hall–Kier alpha value is -1.86. The van der Waals surface area contributed by atoms with E-state index in [-0.39, 0.29) is 16.4 Å². The van der Waals surface area contributed by atoms with Crippen LogP contribution in [-0.4, -0.2) is 61.3 Å². The van der Waals surface area contributed by atoms with E-state index < -0.39 is 50.9 Å². The molecule has 0 aromatic heterocycles. The van der Waals surface area contributed by atoms with Gasteiger partial charge in [-0.2, -0.15) is 16.8 Å². The third-order valence-corrected chi connectivity index (χ3v) is 8.02. The maximum atomic E-state index is 12.5. The molecule has 0 radical (unpaired) electrons. The molecular weight excluding hydrogens is 460 g/mol. The molecule has 2 fully saturated rings. The van der Waals surface area contributed by atoms with Gasteiger partial charge in [-0.3, -0.25) is 8.37 Å². The van der Waals surface area contributed by atoms with Crippen molar-refractivity contribution in [3.63, 3.8) is 0 Å². The number of hydrogen-bond donors (Lipinski definition) is 0.